The number of nitrogens with zero attached hydrogens (tertiary/aromatic N) is 1. The molecular formula is C29H31NO4. The first-order valence-corrected chi connectivity index (χ1v) is 11.6. The summed E-state index contributed by atoms with van der Waals surface area (Å²) in [5, 5.41) is 11.5. The summed E-state index contributed by atoms with van der Waals surface area (Å²) in [5.74, 6) is -0.0470. The van der Waals surface area contributed by atoms with Crippen LogP contribution in [0.4, 0.5) is 5.69 Å². The molecule has 0 saturated carbocycles. The fraction of sp³-hybridized carbons (Fsp3) is 0.310. The average molecular weight is 458 g/mol. The van der Waals surface area contributed by atoms with Crippen LogP contribution in [0.5, 0.6) is 5.75 Å². The van der Waals surface area contributed by atoms with Gasteiger partial charge in [0.15, 0.2) is 11.4 Å². The van der Waals surface area contributed by atoms with Gasteiger partial charge in [0.25, 0.3) is 5.91 Å². The molecule has 34 heavy (non-hydrogen) atoms. The molecule has 0 bridgehead atoms. The number of carbonyl (C=O) groups is 2. The van der Waals surface area contributed by atoms with E-state index in [-0.39, 0.29) is 30.8 Å². The largest absolute Gasteiger partial charge is 0.492 e. The van der Waals surface area contributed by atoms with Gasteiger partial charge in [0.2, 0.25) is 0 Å². The molecule has 1 amide bonds. The summed E-state index contributed by atoms with van der Waals surface area (Å²) in [7, 11) is 0. The Bertz CT molecular complexity index is 1210. The Morgan fingerprint density at radius 2 is 1.71 bits per heavy atom. The monoisotopic (exact) mass is 457 g/mol. The third kappa shape index (κ3) is 4.62. The predicted octanol–water partition coefficient (Wildman–Crippen LogP) is 5.18. The standard InChI is InChI=1S/C29H31NO4/c1-20-8-7-9-23(18-20)34-17-16-30-25-11-6-5-10-24(25)29(33,27(30)32)19-26(31)21-12-14-22(15-13-21)28(2,3)4/h5-15,18,33H,16-17,19H2,1-4H3. The van der Waals surface area contributed by atoms with Crippen molar-refractivity contribution in [1.29, 1.82) is 0 Å². The lowest BCUT2D eigenvalue weighted by Crippen LogP contribution is -2.43. The van der Waals surface area contributed by atoms with Gasteiger partial charge < -0.3 is 14.7 Å². The second kappa shape index (κ2) is 9.07. The summed E-state index contributed by atoms with van der Waals surface area (Å²) in [6.45, 7) is 8.84. The zero-order valence-corrected chi connectivity index (χ0v) is 20.2. The molecule has 1 aliphatic heterocycles. The number of para-hydroxylation sites is 1. The Morgan fingerprint density at radius 1 is 1.00 bits per heavy atom. The van der Waals surface area contributed by atoms with Crippen LogP contribution in [0.1, 0.15) is 54.2 Å². The smallest absolute Gasteiger partial charge is 0.264 e. The predicted molar refractivity (Wildman–Crippen MR) is 133 cm³/mol. The molecular weight excluding hydrogens is 426 g/mol. The van der Waals surface area contributed by atoms with Gasteiger partial charge in [0.1, 0.15) is 12.4 Å². The number of ketones is 1. The van der Waals surface area contributed by atoms with Crippen LogP contribution in [-0.4, -0.2) is 29.9 Å². The molecule has 0 fully saturated rings. The van der Waals surface area contributed by atoms with Crippen LogP contribution in [0.3, 0.4) is 0 Å². The Kier molecular flexibility index (Phi) is 6.32. The minimum absolute atomic E-state index is 0.0266. The van der Waals surface area contributed by atoms with E-state index in [1.807, 2.05) is 49.4 Å². The first-order valence-electron chi connectivity index (χ1n) is 11.6. The van der Waals surface area contributed by atoms with Crippen molar-refractivity contribution in [3.05, 3.63) is 95.1 Å². The first-order chi connectivity index (χ1) is 16.1. The summed E-state index contributed by atoms with van der Waals surface area (Å²) >= 11 is 0. The van der Waals surface area contributed by atoms with Crippen LogP contribution in [0.25, 0.3) is 0 Å². The van der Waals surface area contributed by atoms with Gasteiger partial charge >= 0.3 is 0 Å². The SMILES string of the molecule is Cc1cccc(OCCN2C(=O)C(O)(CC(=O)c3ccc(C(C)(C)C)cc3)c3ccccc32)c1. The number of carbonyl (C=O) groups excluding carboxylic acids is 2. The van der Waals surface area contributed by atoms with E-state index >= 15 is 0 Å². The van der Waals surface area contributed by atoms with Crippen molar-refractivity contribution in [2.24, 2.45) is 0 Å². The van der Waals surface area contributed by atoms with Crippen molar-refractivity contribution >= 4 is 17.4 Å². The van der Waals surface area contributed by atoms with Gasteiger partial charge in [-0.3, -0.25) is 9.59 Å². The molecule has 176 valence electrons. The van der Waals surface area contributed by atoms with Crippen LogP contribution in [0.2, 0.25) is 0 Å². The van der Waals surface area contributed by atoms with E-state index in [9.17, 15) is 14.7 Å². The molecule has 3 aromatic rings. The van der Waals surface area contributed by atoms with E-state index in [1.54, 1.807) is 30.3 Å². The summed E-state index contributed by atoms with van der Waals surface area (Å²) in [6.07, 6.45) is -0.313. The topological polar surface area (TPSA) is 66.8 Å². The number of Topliss-reactive ketones (excluding diaryl/α,β-unsaturated/α-hetero) is 1. The molecule has 1 N–H and O–H groups in total. The van der Waals surface area contributed by atoms with Gasteiger partial charge in [-0.05, 0) is 41.7 Å². The first kappa shape index (κ1) is 23.7. The van der Waals surface area contributed by atoms with Gasteiger partial charge in [-0.2, -0.15) is 0 Å². The average Bonchev–Trinajstić information content (AvgIpc) is 3.00. The van der Waals surface area contributed by atoms with Gasteiger partial charge in [0, 0.05) is 11.1 Å². The van der Waals surface area contributed by atoms with Crippen LogP contribution < -0.4 is 9.64 Å². The summed E-state index contributed by atoms with van der Waals surface area (Å²) in [4.78, 5) is 28.0. The molecule has 1 atom stereocenters. The molecule has 5 heteroatoms. The zero-order valence-electron chi connectivity index (χ0n) is 20.2. The lowest BCUT2D eigenvalue weighted by Gasteiger charge is -2.23. The van der Waals surface area contributed by atoms with Crippen LogP contribution in [0, 0.1) is 6.92 Å². The molecule has 1 unspecified atom stereocenters. The van der Waals surface area contributed by atoms with Crippen molar-refractivity contribution in [1.82, 2.24) is 0 Å². The minimum Gasteiger partial charge on any atom is -0.492 e. The van der Waals surface area contributed by atoms with Gasteiger partial charge in [-0.1, -0.05) is 75.4 Å². The Balaban J connectivity index is 1.52. The number of amides is 1. The van der Waals surface area contributed by atoms with Crippen molar-refractivity contribution in [3.8, 4) is 5.75 Å². The van der Waals surface area contributed by atoms with Gasteiger partial charge in [-0.15, -0.1) is 0 Å². The lowest BCUT2D eigenvalue weighted by atomic mass is 9.85. The number of hydrogen-bond donors (Lipinski definition) is 1. The molecule has 1 heterocycles. The van der Waals surface area contributed by atoms with Crippen LogP contribution >= 0.6 is 0 Å². The molecule has 5 nitrogen and oxygen atoms in total. The minimum atomic E-state index is -1.90. The summed E-state index contributed by atoms with van der Waals surface area (Å²) < 4.78 is 5.83. The number of fused-ring (bicyclic) bond motifs is 1. The number of benzene rings is 3. The summed E-state index contributed by atoms with van der Waals surface area (Å²) in [6, 6.07) is 22.2. The highest BCUT2D eigenvalue weighted by molar-refractivity contribution is 6.10. The quantitative estimate of drug-likeness (QED) is 0.497. The van der Waals surface area contributed by atoms with E-state index in [0.29, 0.717) is 16.8 Å². The fourth-order valence-corrected chi connectivity index (χ4v) is 4.35. The number of aliphatic hydroxyl groups is 1. The molecule has 1 aliphatic rings. The van der Waals surface area contributed by atoms with Gasteiger partial charge in [-0.25, -0.2) is 0 Å². The summed E-state index contributed by atoms with van der Waals surface area (Å²) in [5.41, 5.74) is 1.82. The molecule has 4 rings (SSSR count). The highest BCUT2D eigenvalue weighted by Crippen LogP contribution is 2.42. The maximum Gasteiger partial charge on any atom is 0.264 e. The van der Waals surface area contributed by atoms with E-state index in [1.165, 1.54) is 4.90 Å². The van der Waals surface area contributed by atoms with E-state index in [4.69, 9.17) is 4.74 Å². The maximum atomic E-state index is 13.4. The number of anilines is 1. The van der Waals surface area contributed by atoms with E-state index in [2.05, 4.69) is 20.8 Å². The third-order valence-corrected chi connectivity index (χ3v) is 6.30. The molecule has 3 aromatic carbocycles. The van der Waals surface area contributed by atoms with Crippen molar-refractivity contribution in [2.45, 2.75) is 45.1 Å². The second-order valence-corrected chi connectivity index (χ2v) is 9.93. The lowest BCUT2D eigenvalue weighted by molar-refractivity contribution is -0.135. The number of ether oxygens (including phenoxy) is 1. The molecule has 0 radical (unpaired) electrons. The number of rotatable bonds is 7. The van der Waals surface area contributed by atoms with Gasteiger partial charge in [0.05, 0.1) is 18.7 Å². The zero-order chi connectivity index (χ0) is 24.5. The fourth-order valence-electron chi connectivity index (χ4n) is 4.35. The van der Waals surface area contributed by atoms with E-state index < -0.39 is 11.5 Å². The Morgan fingerprint density at radius 3 is 2.38 bits per heavy atom. The van der Waals surface area contributed by atoms with Crippen molar-refractivity contribution in [2.75, 3.05) is 18.1 Å². The highest BCUT2D eigenvalue weighted by Gasteiger charge is 2.50. The Hall–Kier alpha value is -3.44. The second-order valence-electron chi connectivity index (χ2n) is 9.93. The van der Waals surface area contributed by atoms with Crippen LogP contribution in [0.15, 0.2) is 72.8 Å². The van der Waals surface area contributed by atoms with Crippen LogP contribution in [-0.2, 0) is 15.8 Å². The molecule has 0 saturated heterocycles. The molecule has 0 aliphatic carbocycles. The normalized spacial score (nSPS) is 17.6. The van der Waals surface area contributed by atoms with Crippen molar-refractivity contribution in [3.63, 3.8) is 0 Å². The number of aryl methyl sites for hydroxylation is 1. The highest BCUT2D eigenvalue weighted by atomic mass is 16.5. The maximum absolute atomic E-state index is 13.4. The number of hydrogen-bond acceptors (Lipinski definition) is 4. The van der Waals surface area contributed by atoms with Crippen molar-refractivity contribution < 1.29 is 19.4 Å². The molecule has 0 aromatic heterocycles. The third-order valence-electron chi connectivity index (χ3n) is 6.30. The Labute approximate surface area is 201 Å². The van der Waals surface area contributed by atoms with E-state index in [0.717, 1.165) is 16.9 Å². The molecule has 0 spiro atoms.